The third-order valence-corrected chi connectivity index (χ3v) is 8.17. The normalized spacial score (nSPS) is 23.9. The number of nitrogens with zero attached hydrogens (tertiary/aromatic N) is 1. The second-order valence-electron chi connectivity index (χ2n) is 7.90. The predicted octanol–water partition coefficient (Wildman–Crippen LogP) is 2.68. The van der Waals surface area contributed by atoms with Crippen LogP contribution < -0.4 is 11.1 Å². The number of carbonyl (C=O) groups is 2. The minimum atomic E-state index is -3.76. The Kier molecular flexibility index (Phi) is 7.19. The third-order valence-electron chi connectivity index (χ3n) is 5.79. The number of rotatable bonds is 5. The Balaban J connectivity index is 1.77. The first-order valence-corrected chi connectivity index (χ1v) is 12.0. The van der Waals surface area contributed by atoms with Crippen LogP contribution in [0.5, 0.6) is 0 Å². The van der Waals surface area contributed by atoms with Crippen molar-refractivity contribution in [2.24, 2.45) is 11.7 Å². The highest BCUT2D eigenvalue weighted by molar-refractivity contribution is 7.89. The Morgan fingerprint density at radius 1 is 1.07 bits per heavy atom. The summed E-state index contributed by atoms with van der Waals surface area (Å²) in [7, 11) is -3.76. The summed E-state index contributed by atoms with van der Waals surface area (Å²) < 4.78 is 27.7. The first kappa shape index (κ1) is 22.1. The molecule has 3 rings (SSSR count). The van der Waals surface area contributed by atoms with Gasteiger partial charge in [0.2, 0.25) is 15.9 Å². The number of amides is 2. The standard InChI is InChI=1S/C20H28ClN3O4S/c21-17-9-8-15(20(26)23-16-7-5-6-14(12-16)19(22)25)13-18(17)29(27,28)24-10-3-1-2-4-11-24/h8-9,13-14,16H,1-7,10-12H2,(H2,22,25)(H,23,26). The minimum absolute atomic E-state index is 0.0348. The van der Waals surface area contributed by atoms with Crippen LogP contribution in [0.25, 0.3) is 0 Å². The molecule has 160 valence electrons. The van der Waals surface area contributed by atoms with E-state index in [1.807, 2.05) is 0 Å². The van der Waals surface area contributed by atoms with Gasteiger partial charge in [0, 0.05) is 30.6 Å². The lowest BCUT2D eigenvalue weighted by atomic mass is 9.85. The minimum Gasteiger partial charge on any atom is -0.369 e. The Labute approximate surface area is 177 Å². The quantitative estimate of drug-likeness (QED) is 0.731. The maximum atomic E-state index is 13.1. The molecular weight excluding hydrogens is 414 g/mol. The molecule has 2 fully saturated rings. The maximum absolute atomic E-state index is 13.1. The van der Waals surface area contributed by atoms with E-state index in [1.54, 1.807) is 0 Å². The highest BCUT2D eigenvalue weighted by Gasteiger charge is 2.30. The fourth-order valence-electron chi connectivity index (χ4n) is 4.11. The van der Waals surface area contributed by atoms with Gasteiger partial charge >= 0.3 is 0 Å². The second kappa shape index (κ2) is 9.45. The molecule has 1 aromatic carbocycles. The number of nitrogens with one attached hydrogen (secondary N) is 1. The molecule has 2 unspecified atom stereocenters. The van der Waals surface area contributed by atoms with Crippen molar-refractivity contribution in [3.8, 4) is 0 Å². The van der Waals surface area contributed by atoms with Crippen molar-refractivity contribution in [3.05, 3.63) is 28.8 Å². The Bertz CT molecular complexity index is 866. The summed E-state index contributed by atoms with van der Waals surface area (Å²) in [6.45, 7) is 0.928. The highest BCUT2D eigenvalue weighted by Crippen LogP contribution is 2.28. The molecule has 2 atom stereocenters. The van der Waals surface area contributed by atoms with Crippen LogP contribution in [0.2, 0.25) is 5.02 Å². The summed E-state index contributed by atoms with van der Waals surface area (Å²) >= 11 is 6.20. The third kappa shape index (κ3) is 5.29. The van der Waals surface area contributed by atoms with Crippen molar-refractivity contribution < 1.29 is 18.0 Å². The first-order valence-electron chi connectivity index (χ1n) is 10.2. The van der Waals surface area contributed by atoms with E-state index in [9.17, 15) is 18.0 Å². The van der Waals surface area contributed by atoms with Crippen molar-refractivity contribution >= 4 is 33.4 Å². The zero-order valence-electron chi connectivity index (χ0n) is 16.4. The molecule has 1 heterocycles. The van der Waals surface area contributed by atoms with Crippen LogP contribution >= 0.6 is 11.6 Å². The van der Waals surface area contributed by atoms with Gasteiger partial charge < -0.3 is 11.1 Å². The van der Waals surface area contributed by atoms with Gasteiger partial charge in [-0.2, -0.15) is 4.31 Å². The molecule has 1 aliphatic heterocycles. The molecule has 2 amide bonds. The molecular formula is C20H28ClN3O4S. The average molecular weight is 442 g/mol. The van der Waals surface area contributed by atoms with Gasteiger partial charge in [-0.05, 0) is 50.3 Å². The van der Waals surface area contributed by atoms with E-state index >= 15 is 0 Å². The van der Waals surface area contributed by atoms with Gasteiger partial charge in [0.05, 0.1) is 5.02 Å². The van der Waals surface area contributed by atoms with E-state index in [4.69, 9.17) is 17.3 Å². The number of hydrogen-bond donors (Lipinski definition) is 2. The number of carbonyl (C=O) groups excluding carboxylic acids is 2. The number of benzene rings is 1. The molecule has 0 aromatic heterocycles. The molecule has 1 saturated carbocycles. The van der Waals surface area contributed by atoms with Crippen molar-refractivity contribution in [3.63, 3.8) is 0 Å². The zero-order chi connectivity index (χ0) is 21.0. The Morgan fingerprint density at radius 3 is 2.41 bits per heavy atom. The largest absolute Gasteiger partial charge is 0.369 e. The number of sulfonamides is 1. The van der Waals surface area contributed by atoms with Crippen LogP contribution in [0.3, 0.4) is 0 Å². The van der Waals surface area contributed by atoms with Crippen molar-refractivity contribution in [2.75, 3.05) is 13.1 Å². The van der Waals surface area contributed by atoms with Crippen molar-refractivity contribution in [1.29, 1.82) is 0 Å². The molecule has 0 bridgehead atoms. The van der Waals surface area contributed by atoms with Crippen LogP contribution in [0.1, 0.15) is 61.7 Å². The zero-order valence-corrected chi connectivity index (χ0v) is 18.0. The molecule has 0 radical (unpaired) electrons. The molecule has 29 heavy (non-hydrogen) atoms. The summed E-state index contributed by atoms with van der Waals surface area (Å²) in [6, 6.07) is 4.17. The lowest BCUT2D eigenvalue weighted by molar-refractivity contribution is -0.122. The van der Waals surface area contributed by atoms with Crippen LogP contribution in [0.4, 0.5) is 0 Å². The van der Waals surface area contributed by atoms with Gasteiger partial charge in [-0.25, -0.2) is 8.42 Å². The van der Waals surface area contributed by atoms with E-state index in [1.165, 1.54) is 22.5 Å². The van der Waals surface area contributed by atoms with E-state index in [0.717, 1.165) is 44.9 Å². The lowest BCUT2D eigenvalue weighted by Gasteiger charge is -2.28. The number of primary amides is 1. The van der Waals surface area contributed by atoms with Crippen LogP contribution in [-0.2, 0) is 14.8 Å². The first-order chi connectivity index (χ1) is 13.8. The van der Waals surface area contributed by atoms with Crippen molar-refractivity contribution in [1.82, 2.24) is 9.62 Å². The highest BCUT2D eigenvalue weighted by atomic mass is 35.5. The SMILES string of the molecule is NC(=O)C1CCCC(NC(=O)c2ccc(Cl)c(S(=O)(=O)N3CCCCCC3)c2)C1. The summed E-state index contributed by atoms with van der Waals surface area (Å²) in [6.07, 6.45) is 6.48. The predicted molar refractivity (Wildman–Crippen MR) is 111 cm³/mol. The van der Waals surface area contributed by atoms with E-state index in [-0.39, 0.29) is 39.3 Å². The fourth-order valence-corrected chi connectivity index (χ4v) is 6.13. The Hall–Kier alpha value is -1.64. The molecule has 1 saturated heterocycles. The number of hydrogen-bond acceptors (Lipinski definition) is 4. The molecule has 1 aliphatic carbocycles. The van der Waals surface area contributed by atoms with Crippen LogP contribution in [0, 0.1) is 5.92 Å². The Morgan fingerprint density at radius 2 is 1.76 bits per heavy atom. The summed E-state index contributed by atoms with van der Waals surface area (Å²) in [5.74, 6) is -0.955. The fraction of sp³-hybridized carbons (Fsp3) is 0.600. The monoisotopic (exact) mass is 441 g/mol. The number of nitrogens with two attached hydrogens (primary N) is 1. The van der Waals surface area contributed by atoms with E-state index in [0.29, 0.717) is 19.5 Å². The van der Waals surface area contributed by atoms with Gasteiger partial charge in [-0.15, -0.1) is 0 Å². The smallest absolute Gasteiger partial charge is 0.251 e. The lowest BCUT2D eigenvalue weighted by Crippen LogP contribution is -2.41. The van der Waals surface area contributed by atoms with Crippen LogP contribution in [0.15, 0.2) is 23.1 Å². The maximum Gasteiger partial charge on any atom is 0.251 e. The molecule has 7 nitrogen and oxygen atoms in total. The topological polar surface area (TPSA) is 110 Å². The average Bonchev–Trinajstić information content (AvgIpc) is 2.98. The van der Waals surface area contributed by atoms with Gasteiger partial charge in [0.1, 0.15) is 4.90 Å². The van der Waals surface area contributed by atoms with Crippen LogP contribution in [-0.4, -0.2) is 43.7 Å². The van der Waals surface area contributed by atoms with E-state index in [2.05, 4.69) is 5.32 Å². The molecule has 2 aliphatic rings. The molecule has 1 aromatic rings. The summed E-state index contributed by atoms with van der Waals surface area (Å²) in [5, 5.41) is 3.02. The molecule has 9 heteroatoms. The molecule has 0 spiro atoms. The molecule has 3 N–H and O–H groups in total. The van der Waals surface area contributed by atoms with E-state index < -0.39 is 10.0 Å². The summed E-state index contributed by atoms with van der Waals surface area (Å²) in [4.78, 5) is 24.1. The van der Waals surface area contributed by atoms with Crippen molar-refractivity contribution in [2.45, 2.75) is 62.3 Å². The van der Waals surface area contributed by atoms with Gasteiger partial charge in [0.15, 0.2) is 0 Å². The van der Waals surface area contributed by atoms with Gasteiger partial charge in [-0.3, -0.25) is 9.59 Å². The van der Waals surface area contributed by atoms with Gasteiger partial charge in [-0.1, -0.05) is 30.9 Å². The number of halogens is 1. The second-order valence-corrected chi connectivity index (χ2v) is 10.2. The van der Waals surface area contributed by atoms with Gasteiger partial charge in [0.25, 0.3) is 5.91 Å². The summed E-state index contributed by atoms with van der Waals surface area (Å²) in [5.41, 5.74) is 5.64.